The van der Waals surface area contributed by atoms with E-state index in [2.05, 4.69) is 10.1 Å². The van der Waals surface area contributed by atoms with Crippen LogP contribution in [0.1, 0.15) is 23.0 Å². The van der Waals surface area contributed by atoms with E-state index in [0.29, 0.717) is 0 Å². The number of halogens is 3. The van der Waals surface area contributed by atoms with Crippen LogP contribution in [0.2, 0.25) is 0 Å². The lowest BCUT2D eigenvalue weighted by atomic mass is 10.1. The van der Waals surface area contributed by atoms with Gasteiger partial charge in [0, 0.05) is 5.69 Å². The van der Waals surface area contributed by atoms with Crippen LogP contribution in [-0.2, 0) is 9.53 Å². The number of alkyl halides is 3. The molecule has 26 heavy (non-hydrogen) atoms. The molecule has 0 aliphatic heterocycles. The maximum Gasteiger partial charge on any atom is 0.441 e. The molecule has 0 bridgehead atoms. The Hall–Kier alpha value is -2.97. The largest absolute Gasteiger partial charge is 0.463 e. The fourth-order valence-corrected chi connectivity index (χ4v) is 2.12. The summed E-state index contributed by atoms with van der Waals surface area (Å²) in [7, 11) is 0. The number of hydrogen-bond acceptors (Lipinski definition) is 5. The number of anilines is 1. The zero-order valence-electron chi connectivity index (χ0n) is 14.0. The molecule has 1 aromatic heterocycles. The third kappa shape index (κ3) is 3.98. The fourth-order valence-electron chi connectivity index (χ4n) is 2.12. The van der Waals surface area contributed by atoms with Gasteiger partial charge in [-0.2, -0.15) is 13.2 Å². The van der Waals surface area contributed by atoms with Gasteiger partial charge in [-0.1, -0.05) is 17.7 Å². The van der Waals surface area contributed by atoms with Crippen LogP contribution >= 0.6 is 0 Å². The monoisotopic (exact) mass is 370 g/mol. The van der Waals surface area contributed by atoms with Crippen molar-refractivity contribution in [3.8, 4) is 0 Å². The van der Waals surface area contributed by atoms with Crippen molar-refractivity contribution in [2.45, 2.75) is 25.7 Å². The molecule has 0 saturated carbocycles. The third-order valence-electron chi connectivity index (χ3n) is 3.44. The fraction of sp³-hybridized carbons (Fsp3) is 0.294. The van der Waals surface area contributed by atoms with Gasteiger partial charge in [0.1, 0.15) is 0 Å². The highest BCUT2D eigenvalue weighted by Gasteiger charge is 2.63. The van der Waals surface area contributed by atoms with E-state index < -0.39 is 23.7 Å². The van der Waals surface area contributed by atoms with Crippen molar-refractivity contribution in [3.05, 3.63) is 54.0 Å². The maximum absolute atomic E-state index is 13.9. The molecule has 1 amide bonds. The second kappa shape index (κ2) is 7.51. The molecule has 0 aliphatic carbocycles. The smallest absolute Gasteiger partial charge is 0.441 e. The van der Waals surface area contributed by atoms with Gasteiger partial charge in [0.15, 0.2) is 5.76 Å². The molecule has 1 heterocycles. The highest BCUT2D eigenvalue weighted by Crippen LogP contribution is 2.33. The van der Waals surface area contributed by atoms with Gasteiger partial charge in [0.25, 0.3) is 5.91 Å². The first-order chi connectivity index (χ1) is 12.2. The van der Waals surface area contributed by atoms with Crippen LogP contribution < -0.4 is 10.6 Å². The minimum Gasteiger partial charge on any atom is -0.463 e. The van der Waals surface area contributed by atoms with Gasteiger partial charge in [-0.3, -0.25) is 4.79 Å². The Kier molecular flexibility index (Phi) is 5.59. The van der Waals surface area contributed by atoms with E-state index in [-0.39, 0.29) is 18.1 Å². The molecule has 0 saturated heterocycles. The average Bonchev–Trinajstić information content (AvgIpc) is 3.10. The first kappa shape index (κ1) is 19.4. The van der Waals surface area contributed by atoms with Crippen molar-refractivity contribution in [3.63, 3.8) is 0 Å². The third-order valence-corrected chi connectivity index (χ3v) is 3.44. The Balaban J connectivity index is 2.47. The number of rotatable bonds is 6. The number of nitrogens with one attached hydrogen (secondary N) is 2. The molecule has 0 aliphatic rings. The zero-order chi connectivity index (χ0) is 19.4. The van der Waals surface area contributed by atoms with E-state index in [4.69, 9.17) is 4.42 Å². The molecule has 2 N–H and O–H groups in total. The molecule has 2 aromatic rings. The number of hydrogen-bond donors (Lipinski definition) is 2. The van der Waals surface area contributed by atoms with Gasteiger partial charge in [0.2, 0.25) is 0 Å². The highest BCUT2D eigenvalue weighted by molar-refractivity contribution is 5.97. The quantitative estimate of drug-likeness (QED) is 0.603. The van der Waals surface area contributed by atoms with Crippen LogP contribution in [0.5, 0.6) is 0 Å². The van der Waals surface area contributed by atoms with Crippen molar-refractivity contribution in [1.82, 2.24) is 5.32 Å². The average molecular weight is 370 g/mol. The Bertz CT molecular complexity index is 757. The number of amides is 1. The molecule has 1 atom stereocenters. The van der Waals surface area contributed by atoms with E-state index in [0.717, 1.165) is 11.8 Å². The summed E-state index contributed by atoms with van der Waals surface area (Å²) in [5.41, 5.74) is -2.70. The van der Waals surface area contributed by atoms with Crippen molar-refractivity contribution in [2.75, 3.05) is 11.9 Å². The number of carbonyl (C=O) groups is 2. The lowest BCUT2D eigenvalue weighted by molar-refractivity contribution is -0.204. The summed E-state index contributed by atoms with van der Waals surface area (Å²) in [6.07, 6.45) is -4.08. The van der Waals surface area contributed by atoms with Gasteiger partial charge >= 0.3 is 17.8 Å². The predicted octanol–water partition coefficient (Wildman–Crippen LogP) is 3.25. The van der Waals surface area contributed by atoms with E-state index in [9.17, 15) is 22.8 Å². The zero-order valence-corrected chi connectivity index (χ0v) is 14.0. The van der Waals surface area contributed by atoms with Crippen molar-refractivity contribution >= 4 is 17.6 Å². The normalized spacial score (nSPS) is 13.6. The Morgan fingerprint density at radius 1 is 1.15 bits per heavy atom. The molecule has 9 heteroatoms. The standard InChI is InChI=1S/C17H17F3N2O4/c1-3-25-15(24)16(17(18,19)20,21-12-8-6-11(2)7-9-12)22-14(23)13-5-4-10-26-13/h4-10,21H,3H2,1-2H3,(H,22,23)/t16-/m0/s1. The lowest BCUT2D eigenvalue weighted by Gasteiger charge is -2.35. The number of esters is 1. The molecule has 0 fully saturated rings. The van der Waals surface area contributed by atoms with E-state index >= 15 is 0 Å². The van der Waals surface area contributed by atoms with E-state index in [1.54, 1.807) is 24.4 Å². The lowest BCUT2D eigenvalue weighted by Crippen LogP contribution is -2.69. The number of aryl methyl sites for hydroxylation is 1. The molecule has 6 nitrogen and oxygen atoms in total. The molecule has 0 radical (unpaired) electrons. The second-order valence-corrected chi connectivity index (χ2v) is 5.39. The minimum absolute atomic E-state index is 0.0271. The molecule has 2 rings (SSSR count). The second-order valence-electron chi connectivity index (χ2n) is 5.39. The van der Waals surface area contributed by atoms with Crippen LogP contribution in [0.25, 0.3) is 0 Å². The summed E-state index contributed by atoms with van der Waals surface area (Å²) in [5, 5.41) is 3.74. The maximum atomic E-state index is 13.9. The molecular formula is C17H17F3N2O4. The Morgan fingerprint density at radius 3 is 2.31 bits per heavy atom. The number of carbonyl (C=O) groups excluding carboxylic acids is 2. The number of furan rings is 1. The highest BCUT2D eigenvalue weighted by atomic mass is 19.4. The molecular weight excluding hydrogens is 353 g/mol. The topological polar surface area (TPSA) is 80.6 Å². The van der Waals surface area contributed by atoms with Crippen LogP contribution in [0, 0.1) is 6.92 Å². The minimum atomic E-state index is -5.20. The first-order valence-corrected chi connectivity index (χ1v) is 7.64. The van der Waals surface area contributed by atoms with Gasteiger partial charge < -0.3 is 19.8 Å². The van der Waals surface area contributed by atoms with Crippen LogP contribution in [-0.4, -0.2) is 30.3 Å². The summed E-state index contributed by atoms with van der Waals surface area (Å²) in [5.74, 6) is -3.29. The summed E-state index contributed by atoms with van der Waals surface area (Å²) in [6, 6.07) is 8.34. The predicted molar refractivity (Wildman–Crippen MR) is 86.4 cm³/mol. The van der Waals surface area contributed by atoms with Crippen LogP contribution in [0.4, 0.5) is 18.9 Å². The van der Waals surface area contributed by atoms with Crippen molar-refractivity contribution < 1.29 is 31.9 Å². The number of benzene rings is 1. The van der Waals surface area contributed by atoms with E-state index in [1.165, 1.54) is 31.2 Å². The Morgan fingerprint density at radius 2 is 1.81 bits per heavy atom. The Labute approximate surface area is 147 Å². The molecule has 1 aromatic carbocycles. The van der Waals surface area contributed by atoms with Gasteiger partial charge in [0.05, 0.1) is 12.9 Å². The summed E-state index contributed by atoms with van der Waals surface area (Å²) < 4.78 is 51.1. The van der Waals surface area contributed by atoms with Crippen LogP contribution in [0.15, 0.2) is 47.1 Å². The number of ether oxygens (including phenoxy) is 1. The van der Waals surface area contributed by atoms with Gasteiger partial charge in [-0.25, -0.2) is 4.79 Å². The molecule has 0 spiro atoms. The molecule has 0 unspecified atom stereocenters. The van der Waals surface area contributed by atoms with Crippen molar-refractivity contribution in [1.29, 1.82) is 0 Å². The van der Waals surface area contributed by atoms with E-state index in [1.807, 2.05) is 0 Å². The summed E-state index contributed by atoms with van der Waals surface area (Å²) in [4.78, 5) is 24.4. The van der Waals surface area contributed by atoms with Gasteiger partial charge in [-0.15, -0.1) is 0 Å². The van der Waals surface area contributed by atoms with Gasteiger partial charge in [-0.05, 0) is 38.1 Å². The van der Waals surface area contributed by atoms with Crippen molar-refractivity contribution in [2.24, 2.45) is 0 Å². The van der Waals surface area contributed by atoms with Crippen LogP contribution in [0.3, 0.4) is 0 Å². The molecule has 140 valence electrons. The SMILES string of the molecule is CCOC(=O)[C@@](NC(=O)c1ccco1)(Nc1ccc(C)cc1)C(F)(F)F. The summed E-state index contributed by atoms with van der Waals surface area (Å²) >= 11 is 0. The first-order valence-electron chi connectivity index (χ1n) is 7.64. The summed E-state index contributed by atoms with van der Waals surface area (Å²) in [6.45, 7) is 2.81.